The van der Waals surface area contributed by atoms with Crippen molar-refractivity contribution in [2.45, 2.75) is 14.7 Å². The van der Waals surface area contributed by atoms with E-state index >= 15 is 0 Å². The smallest absolute Gasteiger partial charge is 0.152 e. The highest BCUT2D eigenvalue weighted by Gasteiger charge is 2.20. The lowest BCUT2D eigenvalue weighted by molar-refractivity contribution is 0.312. The van der Waals surface area contributed by atoms with Gasteiger partial charge >= 0.3 is 0 Å². The maximum atomic E-state index is 8.11. The van der Waals surface area contributed by atoms with Crippen molar-refractivity contribution in [2.24, 2.45) is 15.0 Å². The molecule has 7 nitrogen and oxygen atoms in total. The maximum Gasteiger partial charge on any atom is 0.152 e. The number of thiophene rings is 6. The fourth-order valence-electron chi connectivity index (χ4n) is 3.31. The topological polar surface area (TPSA) is 126 Å². The van der Waals surface area contributed by atoms with Gasteiger partial charge in [-0.3, -0.25) is 0 Å². The summed E-state index contributed by atoms with van der Waals surface area (Å²) in [4.78, 5) is 18.2. The number of hydrogen-bond acceptors (Lipinski definition) is 15. The second kappa shape index (κ2) is 20.5. The molecule has 0 saturated heterocycles. The van der Waals surface area contributed by atoms with Gasteiger partial charge in [0.15, 0.2) is 5.34 Å². The van der Waals surface area contributed by atoms with Gasteiger partial charge in [0.2, 0.25) is 0 Å². The Morgan fingerprint density at radius 2 is 1.22 bits per heavy atom. The SMILES string of the molecule is BrBr.Brc1cc2c(s1)-c1sc(Br)cc1SN=N2.Nc1cc(Br)sc1-c1sc(Br)cc1S.Nc1ccsc1-c1sccc1S.O=NO. The molecule has 0 radical (unpaired) electrons. The third-order valence-electron chi connectivity index (χ3n) is 5.01. The van der Waals surface area contributed by atoms with Gasteiger partial charge < -0.3 is 16.7 Å². The molecule has 0 atom stereocenters. The van der Waals surface area contributed by atoms with Crippen molar-refractivity contribution in [3.63, 3.8) is 0 Å². The van der Waals surface area contributed by atoms with Gasteiger partial charge in [0.1, 0.15) is 5.69 Å². The van der Waals surface area contributed by atoms with Crippen molar-refractivity contribution in [2.75, 3.05) is 11.5 Å². The third-order valence-corrected chi connectivity index (χ3v) is 15.7. The van der Waals surface area contributed by atoms with E-state index in [9.17, 15) is 0 Å². The summed E-state index contributed by atoms with van der Waals surface area (Å²) in [6.45, 7) is 0. The zero-order valence-electron chi connectivity index (χ0n) is 22.0. The average Bonchev–Trinajstić information content (AvgIpc) is 3.85. The quantitative estimate of drug-likeness (QED) is 0.0511. The van der Waals surface area contributed by atoms with Crippen molar-refractivity contribution in [3.05, 3.63) is 67.2 Å². The minimum atomic E-state index is 0.798. The first-order valence-corrected chi connectivity index (χ1v) is 25.0. The summed E-state index contributed by atoms with van der Waals surface area (Å²) >= 11 is 39.5. The second-order valence-electron chi connectivity index (χ2n) is 7.80. The number of fused-ring (bicyclic) bond motifs is 3. The third kappa shape index (κ3) is 11.4. The summed E-state index contributed by atoms with van der Waals surface area (Å²) in [5.74, 6) is 0. The normalized spacial score (nSPS) is 10.8. The lowest BCUT2D eigenvalue weighted by atomic mass is 10.3. The molecule has 0 bridgehead atoms. The standard InChI is InChI=1S/C8H2Br2N2S3.C8H5Br2NS3.C8H7NS3.Br2.HNO2/c9-5-1-3-7(13-5)8-4(15-12-11-3)2-6(10)14-8;9-5-1-3(11)7(13-5)8-4(12)2-6(10)14-8;9-5-1-3-11-7(5)8-6(10)2-4-12-8;1-2;2-1-3/h1-2H;1-2,12H,11H2;1-4,10H,9H2;;(H,2,3). The number of nitrogens with two attached hydrogens (primary N) is 2. The van der Waals surface area contributed by atoms with E-state index < -0.39 is 0 Å². The number of rotatable bonds is 2. The van der Waals surface area contributed by atoms with Crippen LogP contribution in [0.2, 0.25) is 0 Å². The molecular weight excluding hydrogens is 1160 g/mol. The van der Waals surface area contributed by atoms with Crippen LogP contribution in [0, 0.1) is 4.91 Å². The molecule has 1 aliphatic rings. The lowest BCUT2D eigenvalue weighted by Gasteiger charge is -1.95. The molecule has 0 spiro atoms. The minimum absolute atomic E-state index is 0.798. The van der Waals surface area contributed by atoms with Gasteiger partial charge in [-0.15, -0.1) is 108 Å². The van der Waals surface area contributed by atoms with E-state index in [2.05, 4.69) is 133 Å². The zero-order chi connectivity index (χ0) is 34.0. The van der Waals surface area contributed by atoms with E-state index in [0.29, 0.717) is 0 Å². The Morgan fingerprint density at radius 1 is 0.674 bits per heavy atom. The monoisotopic (exact) mass is 1170 g/mol. The summed E-state index contributed by atoms with van der Waals surface area (Å²) in [7, 11) is 0. The van der Waals surface area contributed by atoms with Gasteiger partial charge in [0.05, 0.1) is 60.7 Å². The fraction of sp³-hybridized carbons (Fsp3) is 0. The number of hydrogen-bond donors (Lipinski definition) is 5. The average molecular weight is 1170 g/mol. The maximum absolute atomic E-state index is 8.11. The number of nitrogens with zero attached hydrogens (tertiary/aromatic N) is 3. The van der Waals surface area contributed by atoms with Crippen LogP contribution in [0.25, 0.3) is 29.3 Å². The second-order valence-corrected chi connectivity index (χ2v) is 21.1. The van der Waals surface area contributed by atoms with E-state index in [1.54, 1.807) is 68.0 Å². The van der Waals surface area contributed by atoms with E-state index in [1.165, 1.54) is 36.8 Å². The summed E-state index contributed by atoms with van der Waals surface area (Å²) in [6.07, 6.45) is 0. The van der Waals surface area contributed by atoms with Gasteiger partial charge in [0, 0.05) is 50.0 Å². The molecule has 7 heterocycles. The Balaban J connectivity index is 0.000000176. The molecule has 22 heteroatoms. The summed E-state index contributed by atoms with van der Waals surface area (Å²) in [5.41, 5.74) is 14.3. The summed E-state index contributed by atoms with van der Waals surface area (Å²) in [5, 5.41) is 16.1. The first kappa shape index (κ1) is 41.2. The Labute approximate surface area is 351 Å². The van der Waals surface area contributed by atoms with E-state index in [0.717, 1.165) is 56.6 Å². The van der Waals surface area contributed by atoms with E-state index in [4.69, 9.17) is 21.6 Å². The molecule has 5 N–H and O–H groups in total. The summed E-state index contributed by atoms with van der Waals surface area (Å²) in [6, 6.07) is 11.9. The van der Waals surface area contributed by atoms with Crippen LogP contribution < -0.4 is 11.5 Å². The molecule has 244 valence electrons. The molecule has 0 unspecified atom stereocenters. The molecule has 6 aromatic rings. The van der Waals surface area contributed by atoms with Gasteiger partial charge in [-0.1, -0.05) is 0 Å². The molecule has 0 fully saturated rings. The highest BCUT2D eigenvalue weighted by Crippen LogP contribution is 2.52. The lowest BCUT2D eigenvalue weighted by Crippen LogP contribution is -1.81. The molecule has 0 aliphatic carbocycles. The van der Waals surface area contributed by atoms with Gasteiger partial charge in [0.25, 0.3) is 0 Å². The number of nitrogen functional groups attached to an aromatic ring is 2. The Kier molecular flexibility index (Phi) is 18.4. The molecule has 46 heavy (non-hydrogen) atoms. The summed E-state index contributed by atoms with van der Waals surface area (Å²) < 4.78 is 8.43. The van der Waals surface area contributed by atoms with Crippen molar-refractivity contribution in [1.82, 2.24) is 0 Å². The van der Waals surface area contributed by atoms with Crippen molar-refractivity contribution in [1.29, 1.82) is 0 Å². The predicted octanol–water partition coefficient (Wildman–Crippen LogP) is 16.2. The Bertz CT molecular complexity index is 1830. The number of anilines is 2. The molecule has 7 rings (SSSR count). The highest BCUT2D eigenvalue weighted by atomic mass is 80.9. The van der Waals surface area contributed by atoms with Crippen LogP contribution in [0.1, 0.15) is 0 Å². The zero-order valence-corrected chi connectivity index (χ0v) is 39.0. The Morgan fingerprint density at radius 3 is 1.76 bits per heavy atom. The van der Waals surface area contributed by atoms with Crippen LogP contribution in [0.15, 0.2) is 92.0 Å². The highest BCUT2D eigenvalue weighted by molar-refractivity contribution is 9.93. The van der Waals surface area contributed by atoms with Crippen molar-refractivity contribution >= 4 is 214 Å². The predicted molar refractivity (Wildman–Crippen MR) is 233 cm³/mol. The van der Waals surface area contributed by atoms with Crippen LogP contribution >= 0.6 is 197 Å². The van der Waals surface area contributed by atoms with E-state index in [1.807, 2.05) is 41.1 Å². The first-order valence-electron chi connectivity index (χ1n) is 11.4. The van der Waals surface area contributed by atoms with Crippen LogP contribution in [-0.2, 0) is 0 Å². The molecule has 1 aliphatic heterocycles. The van der Waals surface area contributed by atoms with Crippen LogP contribution in [-0.4, -0.2) is 5.21 Å². The van der Waals surface area contributed by atoms with Crippen molar-refractivity contribution in [3.8, 4) is 29.3 Å². The van der Waals surface area contributed by atoms with E-state index in [-0.39, 0.29) is 0 Å². The van der Waals surface area contributed by atoms with Crippen molar-refractivity contribution < 1.29 is 5.21 Å². The molecular formula is C24H15Br6N5O2S9. The first-order chi connectivity index (χ1) is 22.0. The largest absolute Gasteiger partial charge is 0.398 e. The van der Waals surface area contributed by atoms with Gasteiger partial charge in [-0.05, 0) is 111 Å². The van der Waals surface area contributed by atoms with Crippen LogP contribution in [0.4, 0.5) is 17.1 Å². The minimum Gasteiger partial charge on any atom is -0.398 e. The van der Waals surface area contributed by atoms with Crippen LogP contribution in [0.5, 0.6) is 0 Å². The molecule has 0 amide bonds. The van der Waals surface area contributed by atoms with Gasteiger partial charge in [-0.25, -0.2) is 0 Å². The van der Waals surface area contributed by atoms with Crippen LogP contribution in [0.3, 0.4) is 0 Å². The molecule has 0 aromatic carbocycles. The van der Waals surface area contributed by atoms with Gasteiger partial charge in [-0.2, -0.15) is 0 Å². The number of halogens is 6. The Hall–Kier alpha value is 0.730. The number of thiol groups is 2. The molecule has 0 saturated carbocycles. The molecule has 6 aromatic heterocycles. The fourth-order valence-corrected chi connectivity index (χ4v) is 13.8.